The van der Waals surface area contributed by atoms with Crippen LogP contribution in [0.5, 0.6) is 0 Å². The van der Waals surface area contributed by atoms with Crippen LogP contribution < -0.4 is 5.32 Å². The van der Waals surface area contributed by atoms with Crippen molar-refractivity contribution in [3.63, 3.8) is 0 Å². The molecule has 3 aliphatic rings. The fourth-order valence-corrected chi connectivity index (χ4v) is 4.44. The average Bonchev–Trinajstić information content (AvgIpc) is 3.19. The minimum absolute atomic E-state index is 0.0562. The molecule has 1 N–H and O–H groups in total. The van der Waals surface area contributed by atoms with Crippen LogP contribution in [0.3, 0.4) is 0 Å². The van der Waals surface area contributed by atoms with Crippen LogP contribution in [-0.2, 0) is 29.5 Å². The Labute approximate surface area is 148 Å². The molecular formula is C18H27N5O2. The zero-order chi connectivity index (χ0) is 17.4. The SMILES string of the molecule is Cn1c([C@H]2CCCN2CC(=O)N2CCNC(=O)C2)nc2c1CCCC2. The number of carbonyl (C=O) groups is 2. The number of nitrogens with one attached hydrogen (secondary N) is 1. The Morgan fingerprint density at radius 3 is 2.88 bits per heavy atom. The van der Waals surface area contributed by atoms with Gasteiger partial charge in [-0.15, -0.1) is 0 Å². The molecule has 0 bridgehead atoms. The van der Waals surface area contributed by atoms with Gasteiger partial charge in [0.1, 0.15) is 5.82 Å². The first kappa shape index (κ1) is 16.6. The van der Waals surface area contributed by atoms with E-state index in [1.54, 1.807) is 4.90 Å². The molecule has 2 fully saturated rings. The first-order valence-corrected chi connectivity index (χ1v) is 9.46. The molecular weight excluding hydrogens is 318 g/mol. The van der Waals surface area contributed by atoms with Gasteiger partial charge in [0.15, 0.2) is 0 Å². The lowest BCUT2D eigenvalue weighted by Gasteiger charge is -2.30. The second-order valence-electron chi connectivity index (χ2n) is 7.42. The van der Waals surface area contributed by atoms with Crippen molar-refractivity contribution in [2.45, 2.75) is 44.6 Å². The zero-order valence-corrected chi connectivity index (χ0v) is 15.0. The Kier molecular flexibility index (Phi) is 4.50. The molecule has 0 unspecified atom stereocenters. The minimum Gasteiger partial charge on any atom is -0.353 e. The predicted molar refractivity (Wildman–Crippen MR) is 93.0 cm³/mol. The molecule has 25 heavy (non-hydrogen) atoms. The molecule has 136 valence electrons. The Balaban J connectivity index is 1.48. The second kappa shape index (κ2) is 6.78. The van der Waals surface area contributed by atoms with Crippen molar-refractivity contribution >= 4 is 11.8 Å². The van der Waals surface area contributed by atoms with E-state index < -0.39 is 0 Å². The normalized spacial score (nSPS) is 24.3. The molecule has 2 amide bonds. The third-order valence-electron chi connectivity index (χ3n) is 5.80. The molecule has 7 heteroatoms. The van der Waals surface area contributed by atoms with Gasteiger partial charge in [-0.05, 0) is 45.1 Å². The van der Waals surface area contributed by atoms with Crippen molar-refractivity contribution in [1.82, 2.24) is 24.7 Å². The van der Waals surface area contributed by atoms with Gasteiger partial charge >= 0.3 is 0 Å². The molecule has 7 nitrogen and oxygen atoms in total. The standard InChI is InChI=1S/C18H27N5O2/c1-21-14-6-3-2-5-13(14)20-18(21)15-7-4-9-22(15)12-17(25)23-10-8-19-16(24)11-23/h15H,2-12H2,1H3,(H,19,24)/t15-/m1/s1. The average molecular weight is 345 g/mol. The maximum atomic E-state index is 12.6. The van der Waals surface area contributed by atoms with Gasteiger partial charge in [-0.25, -0.2) is 4.98 Å². The summed E-state index contributed by atoms with van der Waals surface area (Å²) in [4.78, 5) is 33.0. The first-order valence-electron chi connectivity index (χ1n) is 9.46. The fraction of sp³-hybridized carbons (Fsp3) is 0.722. The summed E-state index contributed by atoms with van der Waals surface area (Å²) >= 11 is 0. The van der Waals surface area contributed by atoms with E-state index in [-0.39, 0.29) is 24.4 Å². The number of amides is 2. The van der Waals surface area contributed by atoms with Crippen LogP contribution in [0.2, 0.25) is 0 Å². The number of fused-ring (bicyclic) bond motifs is 1. The molecule has 0 aromatic carbocycles. The number of piperazine rings is 1. The van der Waals surface area contributed by atoms with Crippen molar-refractivity contribution in [1.29, 1.82) is 0 Å². The van der Waals surface area contributed by atoms with Crippen LogP contribution in [0, 0.1) is 0 Å². The number of aromatic nitrogens is 2. The summed E-state index contributed by atoms with van der Waals surface area (Å²) in [6, 6.07) is 0.221. The van der Waals surface area contributed by atoms with Gasteiger partial charge in [-0.2, -0.15) is 0 Å². The van der Waals surface area contributed by atoms with Crippen LogP contribution in [-0.4, -0.2) is 63.9 Å². The van der Waals surface area contributed by atoms with E-state index in [2.05, 4.69) is 21.8 Å². The van der Waals surface area contributed by atoms with Crippen molar-refractivity contribution < 1.29 is 9.59 Å². The summed E-state index contributed by atoms with van der Waals surface area (Å²) in [6.45, 7) is 2.66. The molecule has 1 aromatic heterocycles. The van der Waals surface area contributed by atoms with E-state index in [0.717, 1.165) is 38.1 Å². The third-order valence-corrected chi connectivity index (χ3v) is 5.80. The van der Waals surface area contributed by atoms with Gasteiger partial charge < -0.3 is 14.8 Å². The lowest BCUT2D eigenvalue weighted by atomic mass is 10.0. The van der Waals surface area contributed by atoms with E-state index in [9.17, 15) is 9.59 Å². The third kappa shape index (κ3) is 3.17. The van der Waals surface area contributed by atoms with Gasteiger partial charge in [-0.3, -0.25) is 14.5 Å². The van der Waals surface area contributed by atoms with Gasteiger partial charge in [0, 0.05) is 25.8 Å². The molecule has 0 spiro atoms. The number of aryl methyl sites for hydroxylation is 1. The van der Waals surface area contributed by atoms with Crippen molar-refractivity contribution in [3.8, 4) is 0 Å². The van der Waals surface area contributed by atoms with Crippen LogP contribution in [0.15, 0.2) is 0 Å². The van der Waals surface area contributed by atoms with E-state index in [1.165, 1.54) is 24.2 Å². The quantitative estimate of drug-likeness (QED) is 0.861. The number of likely N-dealkylation sites (tertiary alicyclic amines) is 1. The second-order valence-corrected chi connectivity index (χ2v) is 7.42. The Hall–Kier alpha value is -1.89. The number of hydrogen-bond donors (Lipinski definition) is 1. The number of hydrogen-bond acceptors (Lipinski definition) is 4. The molecule has 2 saturated heterocycles. The molecule has 4 rings (SSSR count). The highest BCUT2D eigenvalue weighted by molar-refractivity contribution is 5.86. The highest BCUT2D eigenvalue weighted by Gasteiger charge is 2.34. The fourth-order valence-electron chi connectivity index (χ4n) is 4.44. The molecule has 1 aromatic rings. The number of nitrogens with zero attached hydrogens (tertiary/aromatic N) is 4. The smallest absolute Gasteiger partial charge is 0.239 e. The summed E-state index contributed by atoms with van der Waals surface area (Å²) in [7, 11) is 2.12. The van der Waals surface area contributed by atoms with Gasteiger partial charge in [0.2, 0.25) is 11.8 Å². The topological polar surface area (TPSA) is 70.5 Å². The van der Waals surface area contributed by atoms with E-state index in [1.807, 2.05) is 0 Å². The monoisotopic (exact) mass is 345 g/mol. The highest BCUT2D eigenvalue weighted by atomic mass is 16.2. The van der Waals surface area contributed by atoms with E-state index in [4.69, 9.17) is 4.98 Å². The van der Waals surface area contributed by atoms with Gasteiger partial charge in [0.05, 0.1) is 24.8 Å². The van der Waals surface area contributed by atoms with E-state index in [0.29, 0.717) is 19.6 Å². The zero-order valence-electron chi connectivity index (χ0n) is 15.0. The Morgan fingerprint density at radius 1 is 1.24 bits per heavy atom. The summed E-state index contributed by atoms with van der Waals surface area (Å²) in [5, 5.41) is 2.77. The van der Waals surface area contributed by atoms with Crippen LogP contribution >= 0.6 is 0 Å². The summed E-state index contributed by atoms with van der Waals surface area (Å²) < 4.78 is 2.27. The summed E-state index contributed by atoms with van der Waals surface area (Å²) in [5.74, 6) is 1.11. The van der Waals surface area contributed by atoms with Crippen LogP contribution in [0.4, 0.5) is 0 Å². The Morgan fingerprint density at radius 2 is 2.08 bits per heavy atom. The number of rotatable bonds is 3. The minimum atomic E-state index is -0.0608. The molecule has 0 saturated carbocycles. The lowest BCUT2D eigenvalue weighted by Crippen LogP contribution is -2.52. The van der Waals surface area contributed by atoms with Crippen molar-refractivity contribution in [2.75, 3.05) is 32.7 Å². The van der Waals surface area contributed by atoms with Gasteiger partial charge in [-0.1, -0.05) is 0 Å². The van der Waals surface area contributed by atoms with Crippen molar-refractivity contribution in [3.05, 3.63) is 17.2 Å². The molecule has 3 heterocycles. The van der Waals surface area contributed by atoms with E-state index >= 15 is 0 Å². The molecule has 2 aliphatic heterocycles. The first-order chi connectivity index (χ1) is 12.1. The maximum absolute atomic E-state index is 12.6. The van der Waals surface area contributed by atoms with Crippen LogP contribution in [0.1, 0.15) is 48.9 Å². The summed E-state index contributed by atoms with van der Waals surface area (Å²) in [5.41, 5.74) is 2.64. The lowest BCUT2D eigenvalue weighted by molar-refractivity contribution is -0.139. The molecule has 1 atom stereocenters. The molecule has 0 radical (unpaired) electrons. The summed E-state index contributed by atoms with van der Waals surface area (Å²) in [6.07, 6.45) is 6.82. The van der Waals surface area contributed by atoms with Crippen molar-refractivity contribution in [2.24, 2.45) is 7.05 Å². The predicted octanol–water partition coefficient (Wildman–Crippen LogP) is 0.394. The Bertz CT molecular complexity index is 683. The largest absolute Gasteiger partial charge is 0.353 e. The highest BCUT2D eigenvalue weighted by Crippen LogP contribution is 2.33. The molecule has 1 aliphatic carbocycles. The van der Waals surface area contributed by atoms with Gasteiger partial charge in [0.25, 0.3) is 0 Å². The number of imidazole rings is 1. The van der Waals surface area contributed by atoms with Crippen LogP contribution in [0.25, 0.3) is 0 Å². The number of carbonyl (C=O) groups excluding carboxylic acids is 2. The maximum Gasteiger partial charge on any atom is 0.239 e.